The fourth-order valence-corrected chi connectivity index (χ4v) is 2.90. The maximum atomic E-state index is 12.8. The fourth-order valence-electron chi connectivity index (χ4n) is 2.90. The molecule has 0 aromatic heterocycles. The molecule has 120 valence electrons. The third kappa shape index (κ3) is 4.20. The van der Waals surface area contributed by atoms with Crippen LogP contribution in [-0.2, 0) is 11.3 Å². The Morgan fingerprint density at radius 3 is 2.22 bits per heavy atom. The summed E-state index contributed by atoms with van der Waals surface area (Å²) in [7, 11) is 0. The van der Waals surface area contributed by atoms with Crippen LogP contribution in [0, 0.1) is 5.92 Å². The van der Waals surface area contributed by atoms with Crippen LogP contribution in [0.25, 0.3) is 0 Å². The van der Waals surface area contributed by atoms with Crippen molar-refractivity contribution in [3.05, 3.63) is 71.8 Å². The van der Waals surface area contributed by atoms with E-state index in [1.807, 2.05) is 65.6 Å². The van der Waals surface area contributed by atoms with Crippen LogP contribution >= 0.6 is 0 Å². The molecular formula is C20H23NO2. The Kier molecular flexibility index (Phi) is 5.09. The van der Waals surface area contributed by atoms with E-state index in [-0.39, 0.29) is 18.6 Å². The van der Waals surface area contributed by atoms with Crippen molar-refractivity contribution in [2.45, 2.75) is 31.8 Å². The van der Waals surface area contributed by atoms with Gasteiger partial charge in [0, 0.05) is 13.0 Å². The summed E-state index contributed by atoms with van der Waals surface area (Å²) in [5, 5.41) is 9.93. The summed E-state index contributed by atoms with van der Waals surface area (Å²) < 4.78 is 0. The molecule has 0 spiro atoms. The van der Waals surface area contributed by atoms with E-state index in [2.05, 4.69) is 0 Å². The lowest BCUT2D eigenvalue weighted by Gasteiger charge is -2.31. The molecule has 2 aromatic carbocycles. The summed E-state index contributed by atoms with van der Waals surface area (Å²) in [4.78, 5) is 14.6. The summed E-state index contributed by atoms with van der Waals surface area (Å²) in [6.07, 6.45) is 2.90. The van der Waals surface area contributed by atoms with E-state index in [1.165, 1.54) is 0 Å². The van der Waals surface area contributed by atoms with Crippen LogP contribution in [0.3, 0.4) is 0 Å². The molecule has 1 atom stereocenters. The number of hydrogen-bond acceptors (Lipinski definition) is 2. The minimum absolute atomic E-state index is 0.0622. The maximum absolute atomic E-state index is 12.8. The third-order valence-corrected chi connectivity index (χ3v) is 4.41. The quantitative estimate of drug-likeness (QED) is 0.849. The molecular weight excluding hydrogens is 286 g/mol. The number of carbonyl (C=O) groups excluding carboxylic acids is 1. The van der Waals surface area contributed by atoms with Crippen molar-refractivity contribution in [2.75, 3.05) is 6.61 Å². The molecule has 0 bridgehead atoms. The smallest absolute Gasteiger partial charge is 0.223 e. The highest BCUT2D eigenvalue weighted by Crippen LogP contribution is 2.34. The minimum Gasteiger partial charge on any atom is -0.394 e. The number of benzene rings is 2. The monoisotopic (exact) mass is 309 g/mol. The molecule has 1 aliphatic carbocycles. The Morgan fingerprint density at radius 1 is 1.04 bits per heavy atom. The van der Waals surface area contributed by atoms with Gasteiger partial charge in [-0.25, -0.2) is 0 Å². The zero-order chi connectivity index (χ0) is 16.1. The topological polar surface area (TPSA) is 40.5 Å². The second-order valence-corrected chi connectivity index (χ2v) is 6.26. The summed E-state index contributed by atoms with van der Waals surface area (Å²) in [5.74, 6) is 0.676. The first-order valence-electron chi connectivity index (χ1n) is 8.27. The van der Waals surface area contributed by atoms with Gasteiger partial charge in [-0.05, 0) is 29.9 Å². The van der Waals surface area contributed by atoms with Crippen LogP contribution < -0.4 is 0 Å². The lowest BCUT2D eigenvalue weighted by molar-refractivity contribution is -0.135. The molecule has 3 nitrogen and oxygen atoms in total. The van der Waals surface area contributed by atoms with Gasteiger partial charge in [-0.3, -0.25) is 4.79 Å². The molecule has 0 heterocycles. The van der Waals surface area contributed by atoms with Crippen LogP contribution in [0.2, 0.25) is 0 Å². The Morgan fingerprint density at radius 2 is 1.65 bits per heavy atom. The van der Waals surface area contributed by atoms with E-state index in [1.54, 1.807) is 0 Å². The molecule has 3 rings (SSSR count). The summed E-state index contributed by atoms with van der Waals surface area (Å²) in [6, 6.07) is 19.5. The number of aliphatic hydroxyl groups excluding tert-OH is 1. The molecule has 1 saturated carbocycles. The van der Waals surface area contributed by atoms with E-state index in [4.69, 9.17) is 0 Å². The fraction of sp³-hybridized carbons (Fsp3) is 0.350. The van der Waals surface area contributed by atoms with Crippen molar-refractivity contribution in [3.8, 4) is 0 Å². The molecule has 2 aromatic rings. The highest BCUT2D eigenvalue weighted by Gasteiger charge is 2.30. The van der Waals surface area contributed by atoms with Crippen molar-refractivity contribution < 1.29 is 9.90 Å². The van der Waals surface area contributed by atoms with Crippen LogP contribution in [0.1, 0.15) is 36.4 Å². The van der Waals surface area contributed by atoms with Crippen molar-refractivity contribution >= 4 is 5.91 Å². The van der Waals surface area contributed by atoms with Gasteiger partial charge >= 0.3 is 0 Å². The average Bonchev–Trinajstić information content (AvgIpc) is 3.40. The van der Waals surface area contributed by atoms with Crippen LogP contribution in [-0.4, -0.2) is 22.5 Å². The first kappa shape index (κ1) is 15.8. The molecule has 0 unspecified atom stereocenters. The van der Waals surface area contributed by atoms with Gasteiger partial charge in [0.25, 0.3) is 0 Å². The van der Waals surface area contributed by atoms with E-state index < -0.39 is 0 Å². The molecule has 0 aliphatic heterocycles. The number of carbonyl (C=O) groups is 1. The third-order valence-electron chi connectivity index (χ3n) is 4.41. The largest absolute Gasteiger partial charge is 0.394 e. The highest BCUT2D eigenvalue weighted by molar-refractivity contribution is 5.77. The van der Waals surface area contributed by atoms with Crippen molar-refractivity contribution in [3.63, 3.8) is 0 Å². The van der Waals surface area contributed by atoms with E-state index in [0.29, 0.717) is 18.9 Å². The maximum Gasteiger partial charge on any atom is 0.223 e. The van der Waals surface area contributed by atoms with Gasteiger partial charge in [0.05, 0.1) is 12.6 Å². The normalized spacial score (nSPS) is 15.2. The van der Waals surface area contributed by atoms with E-state index >= 15 is 0 Å². The van der Waals surface area contributed by atoms with Crippen molar-refractivity contribution in [1.29, 1.82) is 0 Å². The average molecular weight is 309 g/mol. The number of hydrogen-bond donors (Lipinski definition) is 1. The van der Waals surface area contributed by atoms with Crippen LogP contribution in [0.5, 0.6) is 0 Å². The number of rotatable bonds is 7. The minimum atomic E-state index is -0.289. The SMILES string of the molecule is O=C(CC1CC1)N(Cc1ccccc1)[C@@H](CO)c1ccccc1. The first-order chi connectivity index (χ1) is 11.3. The summed E-state index contributed by atoms with van der Waals surface area (Å²) in [6.45, 7) is 0.472. The Hall–Kier alpha value is -2.13. The van der Waals surface area contributed by atoms with Gasteiger partial charge in [0.1, 0.15) is 0 Å². The lowest BCUT2D eigenvalue weighted by Crippen LogP contribution is -2.36. The summed E-state index contributed by atoms with van der Waals surface area (Å²) in [5.41, 5.74) is 2.07. The molecule has 1 fully saturated rings. The molecule has 3 heteroatoms. The van der Waals surface area contributed by atoms with Crippen LogP contribution in [0.4, 0.5) is 0 Å². The van der Waals surface area contributed by atoms with Crippen molar-refractivity contribution in [2.24, 2.45) is 5.92 Å². The second-order valence-electron chi connectivity index (χ2n) is 6.26. The van der Waals surface area contributed by atoms with Gasteiger partial charge in [-0.15, -0.1) is 0 Å². The predicted molar refractivity (Wildman–Crippen MR) is 90.6 cm³/mol. The molecule has 1 amide bonds. The van der Waals surface area contributed by atoms with Gasteiger partial charge in [-0.1, -0.05) is 60.7 Å². The molecule has 1 N–H and O–H groups in total. The molecule has 1 aliphatic rings. The lowest BCUT2D eigenvalue weighted by atomic mass is 10.0. The molecule has 23 heavy (non-hydrogen) atoms. The second kappa shape index (κ2) is 7.42. The molecule has 0 saturated heterocycles. The zero-order valence-electron chi connectivity index (χ0n) is 13.3. The van der Waals surface area contributed by atoms with E-state index in [0.717, 1.165) is 24.0 Å². The number of nitrogens with zero attached hydrogens (tertiary/aromatic N) is 1. The summed E-state index contributed by atoms with van der Waals surface area (Å²) >= 11 is 0. The highest BCUT2D eigenvalue weighted by atomic mass is 16.3. The molecule has 0 radical (unpaired) electrons. The van der Waals surface area contributed by atoms with Gasteiger partial charge in [-0.2, -0.15) is 0 Å². The van der Waals surface area contributed by atoms with Gasteiger partial charge in [0.15, 0.2) is 0 Å². The first-order valence-corrected chi connectivity index (χ1v) is 8.27. The number of aliphatic hydroxyl groups is 1. The predicted octanol–water partition coefficient (Wildman–Crippen LogP) is 3.55. The Bertz CT molecular complexity index is 623. The van der Waals surface area contributed by atoms with E-state index in [9.17, 15) is 9.90 Å². The Balaban J connectivity index is 1.84. The zero-order valence-corrected chi connectivity index (χ0v) is 13.3. The van der Waals surface area contributed by atoms with Crippen LogP contribution in [0.15, 0.2) is 60.7 Å². The van der Waals surface area contributed by atoms with Gasteiger partial charge in [0.2, 0.25) is 5.91 Å². The van der Waals surface area contributed by atoms with Gasteiger partial charge < -0.3 is 10.0 Å². The number of amides is 1. The van der Waals surface area contributed by atoms with Crippen molar-refractivity contribution in [1.82, 2.24) is 4.90 Å². The standard InChI is InChI=1S/C20H23NO2/c22-15-19(18-9-5-2-6-10-18)21(20(23)13-16-11-12-16)14-17-7-3-1-4-8-17/h1-10,16,19,22H,11-15H2/t19-/m0/s1. The Labute approximate surface area is 137 Å².